The number of ether oxygens (including phenoxy) is 1. The van der Waals surface area contributed by atoms with E-state index in [2.05, 4.69) is 5.32 Å². The first-order valence-electron chi connectivity index (χ1n) is 8.30. The van der Waals surface area contributed by atoms with Gasteiger partial charge < -0.3 is 15.0 Å². The van der Waals surface area contributed by atoms with Crippen LogP contribution in [0.3, 0.4) is 0 Å². The summed E-state index contributed by atoms with van der Waals surface area (Å²) >= 11 is 6.00. The molecule has 2 rings (SSSR count). The SMILES string of the molecule is CC(C)(C)OC(=O)N1CCCCC1CNCc1cccc(Cl)c1. The molecule has 23 heavy (non-hydrogen) atoms. The summed E-state index contributed by atoms with van der Waals surface area (Å²) in [6.45, 7) is 8.01. The van der Waals surface area contributed by atoms with Gasteiger partial charge in [0.25, 0.3) is 0 Å². The molecule has 1 heterocycles. The summed E-state index contributed by atoms with van der Waals surface area (Å²) < 4.78 is 5.53. The third-order valence-corrected chi connectivity index (χ3v) is 4.09. The normalized spacial score (nSPS) is 18.8. The molecule has 4 nitrogen and oxygen atoms in total. The molecule has 1 N–H and O–H groups in total. The van der Waals surface area contributed by atoms with Crippen molar-refractivity contribution in [1.82, 2.24) is 10.2 Å². The van der Waals surface area contributed by atoms with Gasteiger partial charge in [0.1, 0.15) is 5.60 Å². The van der Waals surface area contributed by atoms with Gasteiger partial charge in [0, 0.05) is 30.7 Å². The summed E-state index contributed by atoms with van der Waals surface area (Å²) in [6, 6.07) is 8.02. The second kappa shape index (κ2) is 8.02. The minimum absolute atomic E-state index is 0.192. The van der Waals surface area contributed by atoms with Crippen LogP contribution in [0.2, 0.25) is 5.02 Å². The summed E-state index contributed by atoms with van der Waals surface area (Å²) in [5.41, 5.74) is 0.699. The largest absolute Gasteiger partial charge is 0.444 e. The van der Waals surface area contributed by atoms with Crippen LogP contribution in [0.5, 0.6) is 0 Å². The van der Waals surface area contributed by atoms with Gasteiger partial charge >= 0.3 is 6.09 Å². The van der Waals surface area contributed by atoms with Crippen molar-refractivity contribution in [3.8, 4) is 0 Å². The summed E-state index contributed by atoms with van der Waals surface area (Å²) in [6.07, 6.45) is 3.01. The highest BCUT2D eigenvalue weighted by molar-refractivity contribution is 6.30. The van der Waals surface area contributed by atoms with Crippen LogP contribution >= 0.6 is 11.6 Å². The number of hydrogen-bond donors (Lipinski definition) is 1. The number of likely N-dealkylation sites (tertiary alicyclic amines) is 1. The Bertz CT molecular complexity index is 528. The summed E-state index contributed by atoms with van der Waals surface area (Å²) in [7, 11) is 0. The Morgan fingerprint density at radius 1 is 1.39 bits per heavy atom. The maximum absolute atomic E-state index is 12.4. The minimum atomic E-state index is -0.451. The Hall–Kier alpha value is -1.26. The summed E-state index contributed by atoms with van der Waals surface area (Å²) in [5.74, 6) is 0. The Kier molecular flexibility index (Phi) is 6.31. The maximum atomic E-state index is 12.4. The fraction of sp³-hybridized carbons (Fsp3) is 0.611. The highest BCUT2D eigenvalue weighted by Gasteiger charge is 2.30. The van der Waals surface area contributed by atoms with Crippen molar-refractivity contribution in [2.24, 2.45) is 0 Å². The van der Waals surface area contributed by atoms with Crippen molar-refractivity contribution >= 4 is 17.7 Å². The fourth-order valence-electron chi connectivity index (χ4n) is 2.80. The van der Waals surface area contributed by atoms with Crippen LogP contribution in [0.1, 0.15) is 45.6 Å². The number of piperidine rings is 1. The molecule has 0 radical (unpaired) electrons. The van der Waals surface area contributed by atoms with Gasteiger partial charge in [0.2, 0.25) is 0 Å². The molecule has 128 valence electrons. The molecule has 1 unspecified atom stereocenters. The van der Waals surface area contributed by atoms with Crippen molar-refractivity contribution in [3.05, 3.63) is 34.9 Å². The average molecular weight is 339 g/mol. The number of benzene rings is 1. The zero-order valence-electron chi connectivity index (χ0n) is 14.3. The van der Waals surface area contributed by atoms with Crippen molar-refractivity contribution in [3.63, 3.8) is 0 Å². The second-order valence-electron chi connectivity index (χ2n) is 7.08. The molecule has 1 fully saturated rings. The van der Waals surface area contributed by atoms with Gasteiger partial charge in [-0.05, 0) is 57.7 Å². The molecule has 0 saturated carbocycles. The highest BCUT2D eigenvalue weighted by Crippen LogP contribution is 2.20. The van der Waals surface area contributed by atoms with E-state index in [0.29, 0.717) is 0 Å². The van der Waals surface area contributed by atoms with E-state index in [1.54, 1.807) is 0 Å². The third kappa shape index (κ3) is 6.04. The zero-order valence-corrected chi connectivity index (χ0v) is 15.0. The maximum Gasteiger partial charge on any atom is 0.410 e. The summed E-state index contributed by atoms with van der Waals surface area (Å²) in [5, 5.41) is 4.19. The van der Waals surface area contributed by atoms with Gasteiger partial charge in [0.15, 0.2) is 0 Å². The number of nitrogens with one attached hydrogen (secondary N) is 1. The predicted octanol–water partition coefficient (Wildman–Crippen LogP) is 4.22. The van der Waals surface area contributed by atoms with E-state index in [1.807, 2.05) is 49.9 Å². The van der Waals surface area contributed by atoms with Gasteiger partial charge in [-0.3, -0.25) is 0 Å². The van der Waals surface area contributed by atoms with Crippen LogP contribution in [0.15, 0.2) is 24.3 Å². The van der Waals surface area contributed by atoms with Crippen LogP contribution in [-0.4, -0.2) is 35.7 Å². The molecule has 1 aromatic carbocycles. The Labute approximate surface area is 144 Å². The molecule has 5 heteroatoms. The van der Waals surface area contributed by atoms with Crippen LogP contribution in [0.25, 0.3) is 0 Å². The van der Waals surface area contributed by atoms with Gasteiger partial charge in [-0.1, -0.05) is 23.7 Å². The molecule has 1 atom stereocenters. The summed E-state index contributed by atoms with van der Waals surface area (Å²) in [4.78, 5) is 14.2. The molecule has 0 spiro atoms. The van der Waals surface area contributed by atoms with Crippen LogP contribution < -0.4 is 5.32 Å². The van der Waals surface area contributed by atoms with Crippen molar-refractivity contribution in [2.45, 2.75) is 58.2 Å². The molecular formula is C18H27ClN2O2. The van der Waals surface area contributed by atoms with Crippen LogP contribution in [-0.2, 0) is 11.3 Å². The quantitative estimate of drug-likeness (QED) is 0.893. The first kappa shape index (κ1) is 18.1. The van der Waals surface area contributed by atoms with Gasteiger partial charge in [-0.25, -0.2) is 4.79 Å². The van der Waals surface area contributed by atoms with E-state index >= 15 is 0 Å². The van der Waals surface area contributed by atoms with Gasteiger partial charge in [-0.15, -0.1) is 0 Å². The van der Waals surface area contributed by atoms with E-state index < -0.39 is 5.60 Å². The molecule has 1 aliphatic rings. The predicted molar refractivity (Wildman–Crippen MR) is 93.7 cm³/mol. The minimum Gasteiger partial charge on any atom is -0.444 e. The first-order valence-corrected chi connectivity index (χ1v) is 8.68. The van der Waals surface area contributed by atoms with Crippen molar-refractivity contribution in [1.29, 1.82) is 0 Å². The zero-order chi connectivity index (χ0) is 16.9. The lowest BCUT2D eigenvalue weighted by atomic mass is 10.0. The molecule has 0 aromatic heterocycles. The molecule has 0 aliphatic carbocycles. The fourth-order valence-corrected chi connectivity index (χ4v) is 3.02. The number of carbonyl (C=O) groups excluding carboxylic acids is 1. The van der Waals surface area contributed by atoms with E-state index in [9.17, 15) is 4.79 Å². The second-order valence-corrected chi connectivity index (χ2v) is 7.52. The molecule has 1 aromatic rings. The molecule has 1 amide bonds. The molecule has 0 bridgehead atoms. The van der Waals surface area contributed by atoms with E-state index in [1.165, 1.54) is 0 Å². The Balaban J connectivity index is 1.87. The average Bonchev–Trinajstić information content (AvgIpc) is 2.46. The van der Waals surface area contributed by atoms with E-state index in [-0.39, 0.29) is 12.1 Å². The van der Waals surface area contributed by atoms with Gasteiger partial charge in [0.05, 0.1) is 0 Å². The number of hydrogen-bond acceptors (Lipinski definition) is 3. The lowest BCUT2D eigenvalue weighted by molar-refractivity contribution is 0.00993. The van der Waals surface area contributed by atoms with E-state index in [0.717, 1.165) is 49.5 Å². The Morgan fingerprint density at radius 3 is 2.87 bits per heavy atom. The van der Waals surface area contributed by atoms with Crippen molar-refractivity contribution < 1.29 is 9.53 Å². The lowest BCUT2D eigenvalue weighted by Gasteiger charge is -2.37. The number of carbonyl (C=O) groups is 1. The molecule has 1 saturated heterocycles. The number of halogens is 1. The Morgan fingerprint density at radius 2 is 2.17 bits per heavy atom. The van der Waals surface area contributed by atoms with Crippen molar-refractivity contribution in [2.75, 3.05) is 13.1 Å². The first-order chi connectivity index (χ1) is 10.8. The number of nitrogens with zero attached hydrogens (tertiary/aromatic N) is 1. The van der Waals surface area contributed by atoms with Gasteiger partial charge in [-0.2, -0.15) is 0 Å². The lowest BCUT2D eigenvalue weighted by Crippen LogP contribution is -2.50. The monoisotopic (exact) mass is 338 g/mol. The highest BCUT2D eigenvalue weighted by atomic mass is 35.5. The third-order valence-electron chi connectivity index (χ3n) is 3.85. The topological polar surface area (TPSA) is 41.6 Å². The number of amides is 1. The standard InChI is InChI=1S/C18H27ClN2O2/c1-18(2,3)23-17(22)21-10-5-4-9-16(21)13-20-12-14-7-6-8-15(19)11-14/h6-8,11,16,20H,4-5,9-10,12-13H2,1-3H3. The molecular weight excluding hydrogens is 312 g/mol. The van der Waals surface area contributed by atoms with Crippen LogP contribution in [0.4, 0.5) is 4.79 Å². The van der Waals surface area contributed by atoms with E-state index in [4.69, 9.17) is 16.3 Å². The van der Waals surface area contributed by atoms with Crippen LogP contribution in [0, 0.1) is 0 Å². The molecule has 1 aliphatic heterocycles. The number of rotatable bonds is 4. The smallest absolute Gasteiger partial charge is 0.410 e.